The molecule has 0 bridgehead atoms. The van der Waals surface area contributed by atoms with Gasteiger partial charge in [-0.15, -0.1) is 0 Å². The Morgan fingerprint density at radius 1 is 1.03 bits per heavy atom. The molecule has 1 aliphatic rings. The van der Waals surface area contributed by atoms with E-state index in [1.54, 1.807) is 0 Å². The summed E-state index contributed by atoms with van der Waals surface area (Å²) < 4.78 is 132. The standard InChI is InChI=1S/C15H18F7NO7S/c1-2-10(24)30-13(14(18,19)20,11(25)23-7-4-3-5-8-23)29-9-6-12(16,17)15(21,22)31(26,27)28/h2H,1,3-9H2,(H,26,27,28). The van der Waals surface area contributed by atoms with Crippen molar-refractivity contribution in [3.8, 4) is 0 Å². The second-order valence-corrected chi connectivity index (χ2v) is 7.85. The summed E-state index contributed by atoms with van der Waals surface area (Å²) in [5.41, 5.74) is 0. The van der Waals surface area contributed by atoms with E-state index >= 15 is 0 Å². The molecule has 0 aliphatic carbocycles. The summed E-state index contributed by atoms with van der Waals surface area (Å²) in [7, 11) is -6.65. The maximum atomic E-state index is 13.8. The lowest BCUT2D eigenvalue weighted by Gasteiger charge is -2.38. The van der Waals surface area contributed by atoms with E-state index in [2.05, 4.69) is 16.1 Å². The van der Waals surface area contributed by atoms with Crippen LogP contribution in [-0.2, 0) is 29.2 Å². The zero-order chi connectivity index (χ0) is 24.3. The normalized spacial score (nSPS) is 18.3. The molecular formula is C15H18F7NO7S. The quantitative estimate of drug-likeness (QED) is 0.174. The zero-order valence-electron chi connectivity index (χ0n) is 15.6. The highest BCUT2D eigenvalue weighted by Gasteiger charge is 2.69. The zero-order valence-corrected chi connectivity index (χ0v) is 16.4. The van der Waals surface area contributed by atoms with Gasteiger partial charge in [-0.1, -0.05) is 6.58 Å². The van der Waals surface area contributed by atoms with E-state index in [0.29, 0.717) is 11.3 Å². The smallest absolute Gasteiger partial charge is 0.412 e. The molecule has 1 unspecified atom stereocenters. The van der Waals surface area contributed by atoms with Crippen molar-refractivity contribution >= 4 is 22.0 Å². The average Bonchev–Trinajstić information content (AvgIpc) is 2.65. The Balaban J connectivity index is 3.26. The van der Waals surface area contributed by atoms with Crippen LogP contribution in [0.3, 0.4) is 0 Å². The minimum Gasteiger partial charge on any atom is -0.412 e. The summed E-state index contributed by atoms with van der Waals surface area (Å²) in [5.74, 6) is -13.9. The van der Waals surface area contributed by atoms with E-state index in [1.165, 1.54) is 0 Å². The van der Waals surface area contributed by atoms with Gasteiger partial charge >= 0.3 is 45.1 Å². The first-order valence-corrected chi connectivity index (χ1v) is 9.95. The first kappa shape index (κ1) is 27.1. The van der Waals surface area contributed by atoms with Crippen molar-refractivity contribution in [2.45, 2.75) is 48.8 Å². The number of piperidine rings is 1. The van der Waals surface area contributed by atoms with E-state index in [0.717, 1.165) is 0 Å². The summed E-state index contributed by atoms with van der Waals surface area (Å²) in [5, 5.41) is -6.07. The first-order valence-electron chi connectivity index (χ1n) is 8.51. The van der Waals surface area contributed by atoms with Crippen molar-refractivity contribution in [2.24, 2.45) is 0 Å². The molecule has 0 aromatic rings. The summed E-state index contributed by atoms with van der Waals surface area (Å²) in [6.07, 6.45) is -6.92. The topological polar surface area (TPSA) is 110 Å². The Kier molecular flexibility index (Phi) is 8.11. The Morgan fingerprint density at radius 3 is 1.97 bits per heavy atom. The number of carbonyl (C=O) groups is 2. The van der Waals surface area contributed by atoms with E-state index in [-0.39, 0.29) is 32.0 Å². The predicted octanol–water partition coefficient (Wildman–Crippen LogP) is 2.51. The first-order chi connectivity index (χ1) is 13.9. The molecule has 0 aromatic carbocycles. The van der Waals surface area contributed by atoms with Crippen molar-refractivity contribution in [2.75, 3.05) is 19.7 Å². The third kappa shape index (κ3) is 5.65. The van der Waals surface area contributed by atoms with E-state index < -0.39 is 58.2 Å². The van der Waals surface area contributed by atoms with Gasteiger partial charge in [0.05, 0.1) is 6.61 Å². The van der Waals surface area contributed by atoms with Crippen LogP contribution in [0, 0.1) is 0 Å². The second kappa shape index (κ2) is 9.28. The molecule has 1 heterocycles. The Labute approximate surface area is 171 Å². The number of hydrogen-bond donors (Lipinski definition) is 1. The number of alkyl halides is 7. The molecule has 1 atom stereocenters. The number of esters is 1. The highest BCUT2D eigenvalue weighted by Crippen LogP contribution is 2.42. The number of halogens is 7. The molecule has 1 N–H and O–H groups in total. The van der Waals surface area contributed by atoms with Crippen molar-refractivity contribution < 1.29 is 62.8 Å². The van der Waals surface area contributed by atoms with Gasteiger partial charge < -0.3 is 14.4 Å². The number of rotatable bonds is 9. The van der Waals surface area contributed by atoms with Crippen LogP contribution in [0.1, 0.15) is 25.7 Å². The highest BCUT2D eigenvalue weighted by molar-refractivity contribution is 7.87. The number of carbonyl (C=O) groups excluding carboxylic acids is 2. The monoisotopic (exact) mass is 489 g/mol. The molecule has 180 valence electrons. The molecule has 1 fully saturated rings. The maximum absolute atomic E-state index is 13.8. The van der Waals surface area contributed by atoms with Crippen molar-refractivity contribution in [3.05, 3.63) is 12.7 Å². The molecule has 1 saturated heterocycles. The van der Waals surface area contributed by atoms with Gasteiger partial charge in [0, 0.05) is 25.6 Å². The average molecular weight is 489 g/mol. The van der Waals surface area contributed by atoms with Gasteiger partial charge in [0.15, 0.2) is 0 Å². The van der Waals surface area contributed by atoms with Crippen LogP contribution in [0.4, 0.5) is 30.7 Å². The second-order valence-electron chi connectivity index (χ2n) is 6.39. The molecule has 0 spiro atoms. The van der Waals surface area contributed by atoms with Gasteiger partial charge in [0.2, 0.25) is 0 Å². The number of ether oxygens (including phenoxy) is 2. The van der Waals surface area contributed by atoms with Crippen LogP contribution in [0.25, 0.3) is 0 Å². The lowest BCUT2D eigenvalue weighted by Crippen LogP contribution is -2.63. The third-order valence-corrected chi connectivity index (χ3v) is 5.13. The van der Waals surface area contributed by atoms with Crippen LogP contribution in [-0.4, -0.2) is 72.6 Å². The summed E-state index contributed by atoms with van der Waals surface area (Å²) >= 11 is 0. The molecule has 31 heavy (non-hydrogen) atoms. The van der Waals surface area contributed by atoms with Crippen LogP contribution in [0.5, 0.6) is 0 Å². The fraction of sp³-hybridized carbons (Fsp3) is 0.733. The molecule has 1 amide bonds. The fourth-order valence-electron chi connectivity index (χ4n) is 2.54. The summed E-state index contributed by atoms with van der Waals surface area (Å²) in [6.45, 7) is 0.390. The number of nitrogens with zero attached hydrogens (tertiary/aromatic N) is 1. The Bertz CT molecular complexity index is 794. The van der Waals surface area contributed by atoms with Crippen LogP contribution in [0.15, 0.2) is 12.7 Å². The molecule has 16 heteroatoms. The van der Waals surface area contributed by atoms with Crippen LogP contribution >= 0.6 is 0 Å². The van der Waals surface area contributed by atoms with Crippen LogP contribution < -0.4 is 0 Å². The Hall–Kier alpha value is -1.94. The molecule has 8 nitrogen and oxygen atoms in total. The van der Waals surface area contributed by atoms with Crippen molar-refractivity contribution in [3.63, 3.8) is 0 Å². The number of amides is 1. The molecule has 0 saturated carbocycles. The van der Waals surface area contributed by atoms with Gasteiger partial charge in [-0.25, -0.2) is 4.79 Å². The van der Waals surface area contributed by atoms with Gasteiger partial charge in [-0.2, -0.15) is 39.2 Å². The lowest BCUT2D eigenvalue weighted by molar-refractivity contribution is -0.352. The number of likely N-dealkylation sites (tertiary alicyclic amines) is 1. The minimum absolute atomic E-state index is 0.217. The number of hydrogen-bond acceptors (Lipinski definition) is 6. The van der Waals surface area contributed by atoms with Crippen LogP contribution in [0.2, 0.25) is 0 Å². The van der Waals surface area contributed by atoms with Gasteiger partial charge in [0.25, 0.3) is 0 Å². The SMILES string of the molecule is C=CC(=O)OC(OCCC(F)(F)C(F)(F)S(=O)(=O)O)(C(=O)N1CCCCC1)C(F)(F)F. The molecule has 1 rings (SSSR count). The Morgan fingerprint density at radius 2 is 1.55 bits per heavy atom. The third-order valence-electron chi connectivity index (χ3n) is 4.18. The summed E-state index contributed by atoms with van der Waals surface area (Å²) in [6, 6.07) is 0. The van der Waals surface area contributed by atoms with Gasteiger partial charge in [0.1, 0.15) is 0 Å². The maximum Gasteiger partial charge on any atom is 0.466 e. The van der Waals surface area contributed by atoms with Crippen molar-refractivity contribution in [1.82, 2.24) is 4.90 Å². The summed E-state index contributed by atoms with van der Waals surface area (Å²) in [4.78, 5) is 24.6. The molecule has 0 aromatic heterocycles. The molecule has 0 radical (unpaired) electrons. The van der Waals surface area contributed by atoms with E-state index in [1.807, 2.05) is 0 Å². The van der Waals surface area contributed by atoms with E-state index in [9.17, 15) is 48.7 Å². The van der Waals surface area contributed by atoms with Gasteiger partial charge in [-0.3, -0.25) is 9.35 Å². The largest absolute Gasteiger partial charge is 0.466 e. The highest BCUT2D eigenvalue weighted by atomic mass is 32.2. The molecule has 1 aliphatic heterocycles. The molecular weight excluding hydrogens is 471 g/mol. The van der Waals surface area contributed by atoms with Crippen molar-refractivity contribution in [1.29, 1.82) is 0 Å². The fourth-order valence-corrected chi connectivity index (χ4v) is 3.02. The predicted molar refractivity (Wildman–Crippen MR) is 87.5 cm³/mol. The van der Waals surface area contributed by atoms with Gasteiger partial charge in [-0.05, 0) is 19.3 Å². The lowest BCUT2D eigenvalue weighted by atomic mass is 10.1. The van der Waals surface area contributed by atoms with E-state index in [4.69, 9.17) is 4.55 Å². The minimum atomic E-state index is -6.65.